The maximum atomic E-state index is 11.4. The van der Waals surface area contributed by atoms with Crippen molar-refractivity contribution in [1.29, 1.82) is 0 Å². The van der Waals surface area contributed by atoms with E-state index in [2.05, 4.69) is 0 Å². The first kappa shape index (κ1) is 10.5. The number of halogens is 1. The Bertz CT molecular complexity index is 358. The highest BCUT2D eigenvalue weighted by Crippen LogP contribution is 2.31. The number of hydrogen-bond donors (Lipinski definition) is 0. The van der Waals surface area contributed by atoms with Crippen molar-refractivity contribution in [2.75, 3.05) is 0 Å². The van der Waals surface area contributed by atoms with Gasteiger partial charge in [-0.3, -0.25) is 4.79 Å². The van der Waals surface area contributed by atoms with Crippen molar-refractivity contribution in [2.24, 2.45) is 5.92 Å². The first-order valence-corrected chi connectivity index (χ1v) is 5.50. The molecule has 2 rings (SSSR count). The zero-order chi connectivity index (χ0) is 10.8. The summed E-state index contributed by atoms with van der Waals surface area (Å²) in [7, 11) is 0. The maximum absolute atomic E-state index is 11.4. The Hall–Kier alpha value is -1.02. The molecule has 1 aliphatic heterocycles. The molecule has 1 aliphatic rings. The van der Waals surface area contributed by atoms with Crippen LogP contribution >= 0.6 is 11.6 Å². The summed E-state index contributed by atoms with van der Waals surface area (Å²) in [6.07, 6.45) is 1.70. The number of cyclic esters (lactones) is 1. The molecule has 80 valence electrons. The van der Waals surface area contributed by atoms with E-state index in [9.17, 15) is 4.79 Å². The highest BCUT2D eigenvalue weighted by molar-refractivity contribution is 6.30. The highest BCUT2D eigenvalue weighted by atomic mass is 35.5. The van der Waals surface area contributed by atoms with Crippen molar-refractivity contribution in [3.63, 3.8) is 0 Å². The number of rotatable bonds is 1. The van der Waals surface area contributed by atoms with Gasteiger partial charge >= 0.3 is 5.97 Å². The Morgan fingerprint density at radius 3 is 2.53 bits per heavy atom. The number of carbonyl (C=O) groups is 1. The van der Waals surface area contributed by atoms with Crippen molar-refractivity contribution in [3.8, 4) is 0 Å². The summed E-state index contributed by atoms with van der Waals surface area (Å²) in [6.45, 7) is 1.90. The third-order valence-electron chi connectivity index (χ3n) is 2.76. The fourth-order valence-corrected chi connectivity index (χ4v) is 1.87. The minimum atomic E-state index is -0.0961. The van der Waals surface area contributed by atoms with Crippen molar-refractivity contribution in [1.82, 2.24) is 0 Å². The molecule has 0 spiro atoms. The van der Waals surface area contributed by atoms with Gasteiger partial charge in [0.1, 0.15) is 6.10 Å². The molecule has 1 heterocycles. The van der Waals surface area contributed by atoms with Gasteiger partial charge in [0.2, 0.25) is 0 Å². The van der Waals surface area contributed by atoms with Gasteiger partial charge in [0.05, 0.1) is 5.92 Å². The van der Waals surface area contributed by atoms with Crippen molar-refractivity contribution in [3.05, 3.63) is 34.9 Å². The molecule has 0 bridgehead atoms. The first-order chi connectivity index (χ1) is 7.16. The fourth-order valence-electron chi connectivity index (χ4n) is 1.75. The van der Waals surface area contributed by atoms with Crippen LogP contribution in [0.25, 0.3) is 0 Å². The van der Waals surface area contributed by atoms with Crippen LogP contribution in [0.15, 0.2) is 24.3 Å². The molecule has 0 aliphatic carbocycles. The van der Waals surface area contributed by atoms with Crippen LogP contribution in [0, 0.1) is 5.92 Å². The molecular formula is C12H13ClO2. The van der Waals surface area contributed by atoms with Crippen LogP contribution in [-0.4, -0.2) is 5.97 Å². The average Bonchev–Trinajstić information content (AvgIpc) is 2.23. The molecule has 1 aromatic rings. The van der Waals surface area contributed by atoms with Gasteiger partial charge in [-0.15, -0.1) is 0 Å². The van der Waals surface area contributed by atoms with E-state index >= 15 is 0 Å². The largest absolute Gasteiger partial charge is 0.457 e. The standard InChI is InChI=1S/C12H13ClO2/c1-8-2-7-11(15-12(8)14)9-3-5-10(13)6-4-9/h3-6,8,11H,2,7H2,1H3/t8-,11-/m1/s1. The third-order valence-corrected chi connectivity index (χ3v) is 3.02. The lowest BCUT2D eigenvalue weighted by atomic mass is 9.95. The molecule has 0 aromatic heterocycles. The zero-order valence-corrected chi connectivity index (χ0v) is 9.33. The molecule has 0 unspecified atom stereocenters. The van der Waals surface area contributed by atoms with Gasteiger partial charge in [0.25, 0.3) is 0 Å². The average molecular weight is 225 g/mol. The summed E-state index contributed by atoms with van der Waals surface area (Å²) < 4.78 is 5.34. The summed E-state index contributed by atoms with van der Waals surface area (Å²) in [5, 5.41) is 0.703. The topological polar surface area (TPSA) is 26.3 Å². The molecule has 1 fully saturated rings. The molecule has 1 aromatic carbocycles. The second-order valence-electron chi connectivity index (χ2n) is 3.96. The molecule has 0 radical (unpaired) electrons. The Morgan fingerprint density at radius 2 is 1.93 bits per heavy atom. The second-order valence-corrected chi connectivity index (χ2v) is 4.39. The number of esters is 1. The maximum Gasteiger partial charge on any atom is 0.309 e. The number of carbonyl (C=O) groups excluding carboxylic acids is 1. The quantitative estimate of drug-likeness (QED) is 0.684. The van der Waals surface area contributed by atoms with E-state index in [0.29, 0.717) is 5.02 Å². The van der Waals surface area contributed by atoms with Gasteiger partial charge in [0, 0.05) is 5.02 Å². The normalized spacial score (nSPS) is 26.1. The van der Waals surface area contributed by atoms with E-state index in [1.807, 2.05) is 31.2 Å². The van der Waals surface area contributed by atoms with Crippen LogP contribution in [-0.2, 0) is 9.53 Å². The Labute approximate surface area is 94.2 Å². The fraction of sp³-hybridized carbons (Fsp3) is 0.417. The van der Waals surface area contributed by atoms with Crippen LogP contribution in [0.3, 0.4) is 0 Å². The zero-order valence-electron chi connectivity index (χ0n) is 8.57. The van der Waals surface area contributed by atoms with E-state index < -0.39 is 0 Å². The molecular weight excluding hydrogens is 212 g/mol. The van der Waals surface area contributed by atoms with E-state index in [4.69, 9.17) is 16.3 Å². The number of benzene rings is 1. The first-order valence-electron chi connectivity index (χ1n) is 5.13. The second kappa shape index (κ2) is 4.23. The SMILES string of the molecule is C[C@@H]1CC[C@H](c2ccc(Cl)cc2)OC1=O. The minimum Gasteiger partial charge on any atom is -0.457 e. The van der Waals surface area contributed by atoms with Crippen molar-refractivity contribution in [2.45, 2.75) is 25.9 Å². The van der Waals surface area contributed by atoms with E-state index in [0.717, 1.165) is 18.4 Å². The summed E-state index contributed by atoms with van der Waals surface area (Å²) in [6, 6.07) is 7.47. The van der Waals surface area contributed by atoms with Crippen LogP contribution in [0.5, 0.6) is 0 Å². The third kappa shape index (κ3) is 2.32. The van der Waals surface area contributed by atoms with Gasteiger partial charge in [-0.2, -0.15) is 0 Å². The van der Waals surface area contributed by atoms with Crippen molar-refractivity contribution >= 4 is 17.6 Å². The molecule has 0 saturated carbocycles. The van der Waals surface area contributed by atoms with E-state index in [-0.39, 0.29) is 18.0 Å². The summed E-state index contributed by atoms with van der Waals surface area (Å²) in [4.78, 5) is 11.4. The number of ether oxygens (including phenoxy) is 1. The Kier molecular flexibility index (Phi) is 2.96. The lowest BCUT2D eigenvalue weighted by Crippen LogP contribution is -2.24. The summed E-state index contributed by atoms with van der Waals surface area (Å²) in [5.74, 6) is -0.0604. The molecule has 2 nitrogen and oxygen atoms in total. The van der Waals surface area contributed by atoms with Gasteiger partial charge in [-0.05, 0) is 30.5 Å². The molecule has 2 atom stereocenters. The van der Waals surface area contributed by atoms with Crippen LogP contribution in [0.4, 0.5) is 0 Å². The number of hydrogen-bond acceptors (Lipinski definition) is 2. The molecule has 1 saturated heterocycles. The monoisotopic (exact) mass is 224 g/mol. The Morgan fingerprint density at radius 1 is 1.27 bits per heavy atom. The molecule has 15 heavy (non-hydrogen) atoms. The van der Waals surface area contributed by atoms with E-state index in [1.54, 1.807) is 0 Å². The van der Waals surface area contributed by atoms with E-state index in [1.165, 1.54) is 0 Å². The lowest BCUT2D eigenvalue weighted by Gasteiger charge is -2.26. The van der Waals surface area contributed by atoms with Gasteiger partial charge in [-0.25, -0.2) is 0 Å². The Balaban J connectivity index is 2.12. The minimum absolute atomic E-state index is 0.0357. The summed E-state index contributed by atoms with van der Waals surface area (Å²) in [5.41, 5.74) is 1.03. The lowest BCUT2D eigenvalue weighted by molar-refractivity contribution is -0.159. The summed E-state index contributed by atoms with van der Waals surface area (Å²) >= 11 is 5.79. The predicted molar refractivity (Wildman–Crippen MR) is 58.7 cm³/mol. The predicted octanol–water partition coefficient (Wildman–Crippen LogP) is 3.35. The molecule has 0 amide bonds. The molecule has 0 N–H and O–H groups in total. The van der Waals surface area contributed by atoms with Gasteiger partial charge in [-0.1, -0.05) is 30.7 Å². The molecule has 3 heteroatoms. The van der Waals surface area contributed by atoms with Gasteiger partial charge < -0.3 is 4.74 Å². The highest BCUT2D eigenvalue weighted by Gasteiger charge is 2.27. The van der Waals surface area contributed by atoms with Crippen LogP contribution in [0.1, 0.15) is 31.4 Å². The van der Waals surface area contributed by atoms with Crippen LogP contribution < -0.4 is 0 Å². The smallest absolute Gasteiger partial charge is 0.309 e. The van der Waals surface area contributed by atoms with Crippen LogP contribution in [0.2, 0.25) is 5.02 Å². The van der Waals surface area contributed by atoms with Crippen molar-refractivity contribution < 1.29 is 9.53 Å². The van der Waals surface area contributed by atoms with Gasteiger partial charge in [0.15, 0.2) is 0 Å².